The van der Waals surface area contributed by atoms with Crippen molar-refractivity contribution in [1.82, 2.24) is 0 Å². The van der Waals surface area contributed by atoms with Crippen molar-refractivity contribution in [2.45, 2.75) is 12.8 Å². The molecule has 12 heavy (non-hydrogen) atoms. The van der Waals surface area contributed by atoms with E-state index in [2.05, 4.69) is 0 Å². The number of thioether (sulfide) groups is 1. The van der Waals surface area contributed by atoms with Crippen LogP contribution in [0.4, 0.5) is 0 Å². The molecule has 0 amide bonds. The molecule has 0 N–H and O–H groups in total. The van der Waals surface area contributed by atoms with Crippen LogP contribution in [0.3, 0.4) is 0 Å². The van der Waals surface area contributed by atoms with Crippen molar-refractivity contribution >= 4 is 11.8 Å². The van der Waals surface area contributed by atoms with E-state index in [0.717, 1.165) is 13.2 Å². The van der Waals surface area contributed by atoms with Crippen molar-refractivity contribution in [3.63, 3.8) is 0 Å². The second-order valence-electron chi connectivity index (χ2n) is 3.48. The third kappa shape index (κ3) is 2.64. The average molecular weight is 190 g/mol. The highest BCUT2D eigenvalue weighted by Gasteiger charge is 2.32. The van der Waals surface area contributed by atoms with Gasteiger partial charge in [-0.15, -0.1) is 0 Å². The molecule has 0 unspecified atom stereocenters. The summed E-state index contributed by atoms with van der Waals surface area (Å²) in [6.45, 7) is 1.70. The van der Waals surface area contributed by atoms with Crippen LogP contribution in [0.2, 0.25) is 0 Å². The van der Waals surface area contributed by atoms with Gasteiger partial charge in [0.15, 0.2) is 0 Å². The van der Waals surface area contributed by atoms with E-state index in [-0.39, 0.29) is 0 Å². The van der Waals surface area contributed by atoms with Gasteiger partial charge in [0.2, 0.25) is 0 Å². The zero-order chi connectivity index (χ0) is 8.86. The summed E-state index contributed by atoms with van der Waals surface area (Å²) in [5, 5.41) is 0. The lowest BCUT2D eigenvalue weighted by molar-refractivity contribution is 0.00473. The fraction of sp³-hybridized carbons (Fsp3) is 1.00. The molecule has 0 aliphatic carbocycles. The summed E-state index contributed by atoms with van der Waals surface area (Å²) in [7, 11) is 3.55. The van der Waals surface area contributed by atoms with Gasteiger partial charge in [-0.2, -0.15) is 11.8 Å². The first kappa shape index (κ1) is 10.4. The van der Waals surface area contributed by atoms with Crippen molar-refractivity contribution < 1.29 is 9.47 Å². The second-order valence-corrected chi connectivity index (χ2v) is 4.70. The van der Waals surface area contributed by atoms with Gasteiger partial charge in [0.25, 0.3) is 0 Å². The van der Waals surface area contributed by atoms with Crippen LogP contribution in [0, 0.1) is 5.41 Å². The predicted molar refractivity (Wildman–Crippen MR) is 52.7 cm³/mol. The molecular weight excluding hydrogens is 172 g/mol. The number of hydrogen-bond donors (Lipinski definition) is 0. The molecule has 1 heterocycles. The molecular formula is C9H18O2S. The van der Waals surface area contributed by atoms with Crippen molar-refractivity contribution in [1.29, 1.82) is 0 Å². The van der Waals surface area contributed by atoms with Gasteiger partial charge in [0.1, 0.15) is 0 Å². The van der Waals surface area contributed by atoms with Crippen LogP contribution >= 0.6 is 11.8 Å². The standard InChI is InChI=1S/C9H18O2S/c1-10-7-9(8-11-2)3-5-12-6-4-9/h3-8H2,1-2H3. The summed E-state index contributed by atoms with van der Waals surface area (Å²) in [6, 6.07) is 0. The van der Waals surface area contributed by atoms with E-state index in [1.165, 1.54) is 24.3 Å². The van der Waals surface area contributed by atoms with Crippen LogP contribution in [0.15, 0.2) is 0 Å². The molecule has 0 spiro atoms. The molecule has 0 aromatic carbocycles. The van der Waals surface area contributed by atoms with Crippen LogP contribution in [0.1, 0.15) is 12.8 Å². The van der Waals surface area contributed by atoms with Gasteiger partial charge in [0, 0.05) is 19.6 Å². The van der Waals surface area contributed by atoms with Crippen LogP contribution in [0.5, 0.6) is 0 Å². The molecule has 72 valence electrons. The molecule has 0 bridgehead atoms. The van der Waals surface area contributed by atoms with E-state index < -0.39 is 0 Å². The molecule has 1 aliphatic heterocycles. The van der Waals surface area contributed by atoms with Gasteiger partial charge in [-0.3, -0.25) is 0 Å². The molecule has 0 saturated carbocycles. The van der Waals surface area contributed by atoms with Crippen molar-refractivity contribution in [3.8, 4) is 0 Å². The lowest BCUT2D eigenvalue weighted by atomic mass is 9.84. The van der Waals surface area contributed by atoms with E-state index in [9.17, 15) is 0 Å². The van der Waals surface area contributed by atoms with E-state index in [1.54, 1.807) is 14.2 Å². The Morgan fingerprint density at radius 2 is 1.58 bits per heavy atom. The Labute approximate surface area is 79.0 Å². The van der Waals surface area contributed by atoms with E-state index in [1.807, 2.05) is 11.8 Å². The fourth-order valence-electron chi connectivity index (χ4n) is 1.75. The summed E-state index contributed by atoms with van der Waals surface area (Å²) in [5.74, 6) is 2.51. The maximum Gasteiger partial charge on any atom is 0.0541 e. The van der Waals surface area contributed by atoms with Gasteiger partial charge in [-0.05, 0) is 24.3 Å². The largest absolute Gasteiger partial charge is 0.384 e. The molecule has 1 saturated heterocycles. The minimum absolute atomic E-state index is 0.314. The highest BCUT2D eigenvalue weighted by molar-refractivity contribution is 7.99. The minimum atomic E-state index is 0.314. The Kier molecular flexibility index (Phi) is 4.40. The number of hydrogen-bond acceptors (Lipinski definition) is 3. The van der Waals surface area contributed by atoms with Gasteiger partial charge in [-0.25, -0.2) is 0 Å². The maximum absolute atomic E-state index is 5.25. The number of methoxy groups -OCH3 is 2. The van der Waals surface area contributed by atoms with Crippen molar-refractivity contribution in [2.75, 3.05) is 38.9 Å². The van der Waals surface area contributed by atoms with Crippen molar-refractivity contribution in [2.24, 2.45) is 5.41 Å². The van der Waals surface area contributed by atoms with Gasteiger partial charge >= 0.3 is 0 Å². The first-order valence-electron chi connectivity index (χ1n) is 4.39. The smallest absolute Gasteiger partial charge is 0.0541 e. The zero-order valence-corrected chi connectivity index (χ0v) is 8.78. The average Bonchev–Trinajstić information content (AvgIpc) is 2.07. The molecule has 0 atom stereocenters. The highest BCUT2D eigenvalue weighted by Crippen LogP contribution is 2.35. The second kappa shape index (κ2) is 5.10. The Bertz CT molecular complexity index is 106. The van der Waals surface area contributed by atoms with Crippen LogP contribution in [-0.4, -0.2) is 38.9 Å². The third-order valence-electron chi connectivity index (χ3n) is 2.45. The van der Waals surface area contributed by atoms with Gasteiger partial charge in [0.05, 0.1) is 13.2 Å². The van der Waals surface area contributed by atoms with Crippen LogP contribution in [-0.2, 0) is 9.47 Å². The predicted octanol–water partition coefficient (Wildman–Crippen LogP) is 1.79. The number of ether oxygens (including phenoxy) is 2. The summed E-state index contributed by atoms with van der Waals surface area (Å²) >= 11 is 2.04. The SMILES string of the molecule is COCC1(COC)CCSCC1. The molecule has 1 fully saturated rings. The fourth-order valence-corrected chi connectivity index (χ4v) is 3.11. The number of rotatable bonds is 4. The van der Waals surface area contributed by atoms with E-state index in [4.69, 9.17) is 9.47 Å². The monoisotopic (exact) mass is 190 g/mol. The lowest BCUT2D eigenvalue weighted by Crippen LogP contribution is -2.35. The molecule has 0 aromatic heterocycles. The quantitative estimate of drug-likeness (QED) is 0.673. The van der Waals surface area contributed by atoms with Crippen LogP contribution in [0.25, 0.3) is 0 Å². The lowest BCUT2D eigenvalue weighted by Gasteiger charge is -2.35. The summed E-state index contributed by atoms with van der Waals surface area (Å²) in [5.41, 5.74) is 0.314. The summed E-state index contributed by atoms with van der Waals surface area (Å²) in [6.07, 6.45) is 2.47. The maximum atomic E-state index is 5.25. The first-order valence-corrected chi connectivity index (χ1v) is 5.54. The first-order chi connectivity index (χ1) is 5.83. The normalized spacial score (nSPS) is 22.5. The van der Waals surface area contributed by atoms with E-state index >= 15 is 0 Å². The summed E-state index contributed by atoms with van der Waals surface area (Å²) < 4.78 is 10.5. The zero-order valence-electron chi connectivity index (χ0n) is 7.97. The topological polar surface area (TPSA) is 18.5 Å². The Balaban J connectivity index is 2.44. The van der Waals surface area contributed by atoms with Crippen LogP contribution < -0.4 is 0 Å². The minimum Gasteiger partial charge on any atom is -0.384 e. The molecule has 2 nitrogen and oxygen atoms in total. The van der Waals surface area contributed by atoms with Crippen molar-refractivity contribution in [3.05, 3.63) is 0 Å². The Morgan fingerprint density at radius 1 is 1.08 bits per heavy atom. The molecule has 0 radical (unpaired) electrons. The molecule has 3 heteroatoms. The molecule has 0 aromatic rings. The van der Waals surface area contributed by atoms with Gasteiger partial charge in [-0.1, -0.05) is 0 Å². The Morgan fingerprint density at radius 3 is 2.00 bits per heavy atom. The summed E-state index contributed by atoms with van der Waals surface area (Å²) in [4.78, 5) is 0. The molecule has 1 rings (SSSR count). The Hall–Kier alpha value is 0.270. The van der Waals surface area contributed by atoms with E-state index in [0.29, 0.717) is 5.41 Å². The van der Waals surface area contributed by atoms with Gasteiger partial charge < -0.3 is 9.47 Å². The molecule has 1 aliphatic rings. The third-order valence-corrected chi connectivity index (χ3v) is 3.44. The highest BCUT2D eigenvalue weighted by atomic mass is 32.2.